The summed E-state index contributed by atoms with van der Waals surface area (Å²) in [7, 11) is 0. The van der Waals surface area contributed by atoms with Crippen molar-refractivity contribution in [1.82, 2.24) is 10.2 Å². The van der Waals surface area contributed by atoms with Gasteiger partial charge in [-0.3, -0.25) is 14.4 Å². The number of carbonyl (C=O) groups is 3. The fourth-order valence-corrected chi connectivity index (χ4v) is 6.27. The van der Waals surface area contributed by atoms with Crippen LogP contribution in [-0.2, 0) is 11.2 Å². The standard InChI is InChI=1S/C36H44N4O3/c1-26-12-14-29(15-13-26)36(43)38-32-25-31(35(42)37-19-7-22-40-21-6-11-34(40)41)17-16-30(32)24-28-9-5-20-39(23-18-28)33-10-4-3-8-27(33)2/h3-4,8,10,12-17,25,28H,5-7,9,11,18-24H2,1-2H3,(H,37,42)(H,38,43). The molecule has 2 saturated heterocycles. The Morgan fingerprint density at radius 1 is 0.860 bits per heavy atom. The van der Waals surface area contributed by atoms with Crippen LogP contribution in [0.25, 0.3) is 0 Å². The Labute approximate surface area is 255 Å². The molecule has 0 spiro atoms. The summed E-state index contributed by atoms with van der Waals surface area (Å²) in [5.74, 6) is 0.332. The van der Waals surface area contributed by atoms with Crippen molar-refractivity contribution in [3.05, 3.63) is 94.5 Å². The van der Waals surface area contributed by atoms with Crippen molar-refractivity contribution in [3.8, 4) is 0 Å². The number of aryl methyl sites for hydroxylation is 2. The molecule has 0 radical (unpaired) electrons. The molecule has 226 valence electrons. The normalized spacial score (nSPS) is 17.1. The van der Waals surface area contributed by atoms with Gasteiger partial charge in [0.05, 0.1) is 0 Å². The van der Waals surface area contributed by atoms with Crippen molar-refractivity contribution in [1.29, 1.82) is 0 Å². The first kappa shape index (κ1) is 30.3. The summed E-state index contributed by atoms with van der Waals surface area (Å²) in [4.78, 5) is 42.6. The van der Waals surface area contributed by atoms with Gasteiger partial charge in [-0.05, 0) is 99.7 Å². The molecule has 2 aliphatic rings. The Kier molecular flexibility index (Phi) is 10.1. The zero-order valence-corrected chi connectivity index (χ0v) is 25.5. The maximum absolute atomic E-state index is 13.3. The quantitative estimate of drug-likeness (QED) is 0.282. The number of para-hydroxylation sites is 1. The van der Waals surface area contributed by atoms with Crippen molar-refractivity contribution < 1.29 is 14.4 Å². The molecule has 3 aromatic carbocycles. The third-order valence-corrected chi connectivity index (χ3v) is 8.81. The molecule has 1 unspecified atom stereocenters. The molecule has 7 heteroatoms. The zero-order chi connectivity index (χ0) is 30.2. The van der Waals surface area contributed by atoms with Crippen LogP contribution in [0.2, 0.25) is 0 Å². The monoisotopic (exact) mass is 580 g/mol. The number of hydrogen-bond acceptors (Lipinski definition) is 4. The van der Waals surface area contributed by atoms with Crippen molar-refractivity contribution in [2.75, 3.05) is 42.9 Å². The van der Waals surface area contributed by atoms with Crippen LogP contribution in [0.1, 0.15) is 75.9 Å². The summed E-state index contributed by atoms with van der Waals surface area (Å²) in [6.07, 6.45) is 6.41. The van der Waals surface area contributed by atoms with E-state index in [1.54, 1.807) is 0 Å². The first-order valence-corrected chi connectivity index (χ1v) is 15.7. The number of amides is 3. The van der Waals surface area contributed by atoms with Crippen LogP contribution in [0.4, 0.5) is 11.4 Å². The molecular formula is C36H44N4O3. The Bertz CT molecular complexity index is 1430. The second kappa shape index (κ2) is 14.4. The molecule has 2 aliphatic heterocycles. The lowest BCUT2D eigenvalue weighted by atomic mass is 9.91. The smallest absolute Gasteiger partial charge is 0.255 e. The molecule has 0 aromatic heterocycles. The number of rotatable bonds is 10. The number of benzene rings is 3. The van der Waals surface area contributed by atoms with Crippen molar-refractivity contribution in [2.45, 2.75) is 58.8 Å². The molecule has 0 aliphatic carbocycles. The highest BCUT2D eigenvalue weighted by Gasteiger charge is 2.22. The number of carbonyl (C=O) groups excluding carboxylic acids is 3. The molecule has 0 saturated carbocycles. The van der Waals surface area contributed by atoms with Crippen molar-refractivity contribution in [3.63, 3.8) is 0 Å². The highest BCUT2D eigenvalue weighted by Crippen LogP contribution is 2.30. The lowest BCUT2D eigenvalue weighted by molar-refractivity contribution is -0.127. The minimum absolute atomic E-state index is 0.173. The molecule has 43 heavy (non-hydrogen) atoms. The van der Waals surface area contributed by atoms with Crippen LogP contribution in [0.15, 0.2) is 66.7 Å². The van der Waals surface area contributed by atoms with Gasteiger partial charge in [0.15, 0.2) is 0 Å². The van der Waals surface area contributed by atoms with Gasteiger partial charge in [0, 0.05) is 61.6 Å². The lowest BCUT2D eigenvalue weighted by Gasteiger charge is -2.25. The minimum Gasteiger partial charge on any atom is -0.371 e. The van der Waals surface area contributed by atoms with E-state index < -0.39 is 0 Å². The largest absolute Gasteiger partial charge is 0.371 e. The summed E-state index contributed by atoms with van der Waals surface area (Å²) in [6, 6.07) is 21.8. The van der Waals surface area contributed by atoms with Gasteiger partial charge >= 0.3 is 0 Å². The van der Waals surface area contributed by atoms with Crippen LogP contribution in [0.3, 0.4) is 0 Å². The first-order chi connectivity index (χ1) is 20.9. The van der Waals surface area contributed by atoms with Gasteiger partial charge in [-0.15, -0.1) is 0 Å². The Balaban J connectivity index is 1.27. The summed E-state index contributed by atoms with van der Waals surface area (Å²) >= 11 is 0. The molecule has 0 bridgehead atoms. The van der Waals surface area contributed by atoms with Gasteiger partial charge in [0.1, 0.15) is 0 Å². The van der Waals surface area contributed by atoms with E-state index in [9.17, 15) is 14.4 Å². The van der Waals surface area contributed by atoms with E-state index >= 15 is 0 Å². The molecule has 3 aromatic rings. The summed E-state index contributed by atoms with van der Waals surface area (Å²) < 4.78 is 0. The van der Waals surface area contributed by atoms with Crippen LogP contribution < -0.4 is 15.5 Å². The van der Waals surface area contributed by atoms with E-state index in [1.165, 1.54) is 11.3 Å². The van der Waals surface area contributed by atoms with Gasteiger partial charge in [0.2, 0.25) is 5.91 Å². The highest BCUT2D eigenvalue weighted by atomic mass is 16.2. The maximum Gasteiger partial charge on any atom is 0.255 e. The second-order valence-electron chi connectivity index (χ2n) is 12.1. The lowest BCUT2D eigenvalue weighted by Crippen LogP contribution is -2.30. The van der Waals surface area contributed by atoms with Gasteiger partial charge < -0.3 is 20.4 Å². The van der Waals surface area contributed by atoms with Gasteiger partial charge in [-0.1, -0.05) is 42.0 Å². The Morgan fingerprint density at radius 3 is 2.42 bits per heavy atom. The van der Waals surface area contributed by atoms with E-state index in [0.717, 1.165) is 62.9 Å². The van der Waals surface area contributed by atoms with Crippen LogP contribution in [-0.4, -0.2) is 55.3 Å². The van der Waals surface area contributed by atoms with Crippen LogP contribution >= 0.6 is 0 Å². The maximum atomic E-state index is 13.3. The number of likely N-dealkylation sites (tertiary alicyclic amines) is 1. The summed E-state index contributed by atoms with van der Waals surface area (Å²) in [5, 5.41) is 6.12. The minimum atomic E-state index is -0.180. The predicted molar refractivity (Wildman–Crippen MR) is 173 cm³/mol. The average molecular weight is 581 g/mol. The fourth-order valence-electron chi connectivity index (χ4n) is 6.27. The third kappa shape index (κ3) is 8.04. The molecule has 5 rings (SSSR count). The third-order valence-electron chi connectivity index (χ3n) is 8.81. The summed E-state index contributed by atoms with van der Waals surface area (Å²) in [5.41, 5.74) is 6.58. The molecule has 2 N–H and O–H groups in total. The average Bonchev–Trinajstić information content (AvgIpc) is 3.27. The highest BCUT2D eigenvalue weighted by molar-refractivity contribution is 6.05. The first-order valence-electron chi connectivity index (χ1n) is 15.7. The van der Waals surface area contributed by atoms with Gasteiger partial charge in [-0.2, -0.15) is 0 Å². The fraction of sp³-hybridized carbons (Fsp3) is 0.417. The van der Waals surface area contributed by atoms with E-state index in [-0.39, 0.29) is 17.7 Å². The van der Waals surface area contributed by atoms with Crippen molar-refractivity contribution in [2.24, 2.45) is 5.92 Å². The van der Waals surface area contributed by atoms with E-state index in [2.05, 4.69) is 46.7 Å². The predicted octanol–water partition coefficient (Wildman–Crippen LogP) is 6.15. The van der Waals surface area contributed by atoms with Crippen LogP contribution in [0, 0.1) is 19.8 Å². The second-order valence-corrected chi connectivity index (χ2v) is 12.1. The van der Waals surface area contributed by atoms with Gasteiger partial charge in [0.25, 0.3) is 11.8 Å². The molecule has 3 amide bonds. The number of nitrogens with zero attached hydrogens (tertiary/aromatic N) is 2. The Morgan fingerprint density at radius 2 is 1.65 bits per heavy atom. The topological polar surface area (TPSA) is 81.8 Å². The molecule has 2 heterocycles. The van der Waals surface area contributed by atoms with E-state index in [4.69, 9.17) is 0 Å². The number of hydrogen-bond donors (Lipinski definition) is 2. The molecule has 2 fully saturated rings. The molecule has 1 atom stereocenters. The molecule has 7 nitrogen and oxygen atoms in total. The molecular weight excluding hydrogens is 536 g/mol. The zero-order valence-electron chi connectivity index (χ0n) is 25.5. The van der Waals surface area contributed by atoms with Crippen molar-refractivity contribution >= 4 is 29.1 Å². The number of nitrogens with one attached hydrogen (secondary N) is 2. The Hall–Kier alpha value is -4.13. The van der Waals surface area contributed by atoms with Gasteiger partial charge in [-0.25, -0.2) is 0 Å². The number of anilines is 2. The van der Waals surface area contributed by atoms with E-state index in [0.29, 0.717) is 48.7 Å². The van der Waals surface area contributed by atoms with Crippen LogP contribution in [0.5, 0.6) is 0 Å². The van der Waals surface area contributed by atoms with E-state index in [1.807, 2.05) is 54.3 Å². The SMILES string of the molecule is Cc1ccc(C(=O)Nc2cc(C(=O)NCCCN3CCCC3=O)ccc2CC2CCCN(c3ccccc3C)CC2)cc1. The summed E-state index contributed by atoms with van der Waals surface area (Å²) in [6.45, 7) is 8.19.